The monoisotopic (exact) mass is 661 g/mol. The van der Waals surface area contributed by atoms with Gasteiger partial charge in [-0.25, -0.2) is 9.80 Å². The Kier molecular flexibility index (Phi) is 13.1. The molecule has 2 aromatic rings. The lowest BCUT2D eigenvalue weighted by Gasteiger charge is -2.29. The summed E-state index contributed by atoms with van der Waals surface area (Å²) in [6.45, 7) is 16.6. The molecule has 1 unspecified atom stereocenters. The van der Waals surface area contributed by atoms with Crippen LogP contribution in [0.5, 0.6) is 0 Å². The molecule has 7 nitrogen and oxygen atoms in total. The molecule has 3 N–H and O–H groups in total. The van der Waals surface area contributed by atoms with E-state index in [1.165, 1.54) is 6.42 Å². The Hall–Kier alpha value is -4.49. The first-order valence-corrected chi connectivity index (χ1v) is 17.8. The number of rotatable bonds is 12. The van der Waals surface area contributed by atoms with Crippen LogP contribution in [0.25, 0.3) is 0 Å². The van der Waals surface area contributed by atoms with E-state index in [0.29, 0.717) is 17.9 Å². The number of hydrogen-bond donors (Lipinski definition) is 2. The molecule has 0 bridgehead atoms. The summed E-state index contributed by atoms with van der Waals surface area (Å²) in [5.74, 6) is -0.0305. The van der Waals surface area contributed by atoms with E-state index < -0.39 is 6.04 Å². The van der Waals surface area contributed by atoms with Gasteiger partial charge in [-0.05, 0) is 73.1 Å². The van der Waals surface area contributed by atoms with Crippen LogP contribution < -0.4 is 16.0 Å². The first kappa shape index (κ1) is 37.3. The number of para-hydroxylation sites is 1. The average molecular weight is 662 g/mol. The molecule has 260 valence electrons. The molecule has 2 aromatic carbocycles. The number of hydrogen-bond acceptors (Lipinski definition) is 4. The van der Waals surface area contributed by atoms with Crippen molar-refractivity contribution >= 4 is 34.7 Å². The highest BCUT2D eigenvalue weighted by molar-refractivity contribution is 6.14. The third-order valence-electron chi connectivity index (χ3n) is 9.31. The number of fused-ring (bicyclic) bond motifs is 1. The summed E-state index contributed by atoms with van der Waals surface area (Å²) in [6.07, 6.45) is 20.8. The second-order valence-electron chi connectivity index (χ2n) is 14.1. The fourth-order valence-electron chi connectivity index (χ4n) is 6.38. The molecule has 1 heterocycles. The average Bonchev–Trinajstić information content (AvgIpc) is 3.21. The third-order valence-corrected chi connectivity index (χ3v) is 9.31. The van der Waals surface area contributed by atoms with E-state index in [1.807, 2.05) is 88.4 Å². The van der Waals surface area contributed by atoms with E-state index in [4.69, 9.17) is 10.8 Å². The molecule has 0 saturated heterocycles. The van der Waals surface area contributed by atoms with Crippen molar-refractivity contribution in [1.29, 1.82) is 0 Å². The van der Waals surface area contributed by atoms with E-state index in [1.54, 1.807) is 9.91 Å². The van der Waals surface area contributed by atoms with Gasteiger partial charge >= 0.3 is 6.03 Å². The number of carbonyl (C=O) groups excluding carboxylic acids is 2. The van der Waals surface area contributed by atoms with Crippen molar-refractivity contribution in [3.63, 3.8) is 0 Å². The summed E-state index contributed by atoms with van der Waals surface area (Å²) in [7, 11) is 0. The molecular weight excluding hydrogens is 606 g/mol. The first-order valence-electron chi connectivity index (χ1n) is 17.8. The van der Waals surface area contributed by atoms with Crippen LogP contribution in [0.4, 0.5) is 21.9 Å². The number of anilines is 3. The number of nitrogens with two attached hydrogens (primary N) is 1. The molecule has 1 aliphatic carbocycles. The number of nitrogens with zero attached hydrogens (tertiary/aromatic N) is 3. The number of allylic oxidation sites excluding steroid dienone is 8. The van der Waals surface area contributed by atoms with E-state index in [2.05, 4.69) is 56.1 Å². The number of nitrogens with one attached hydrogen (secondary N) is 1. The standard InChI is InChI=1S/C42H55N5O2/c1-8-11-14-22-35(31(10-3)19-12-9-2)30(4)29-46-41(49)47(34-27-25-33(26-28-34)44-40(48)39(43)42(5,6)7)37-24-18-17-23-36(37)38(45-46)32-20-15-13-16-21-32/h9-12,14,17-19,22-28,30,32,39H,3,8,13,15-16,20-21,29,43H2,1-2,4-7H3,(H,44,48)/b12-9-,14-11-,31-19-,35-22+/t30?,39-/m1/s1. The molecule has 0 aromatic heterocycles. The zero-order valence-corrected chi connectivity index (χ0v) is 30.3. The Balaban J connectivity index is 1.78. The Morgan fingerprint density at radius 1 is 1.06 bits per heavy atom. The number of hydrazone groups is 1. The fraction of sp³-hybridized carbons (Fsp3) is 0.405. The zero-order chi connectivity index (χ0) is 35.6. The molecule has 0 radical (unpaired) electrons. The second-order valence-corrected chi connectivity index (χ2v) is 14.1. The van der Waals surface area contributed by atoms with E-state index in [-0.39, 0.29) is 29.2 Å². The molecule has 0 spiro atoms. The van der Waals surface area contributed by atoms with E-state index in [0.717, 1.165) is 60.2 Å². The summed E-state index contributed by atoms with van der Waals surface area (Å²) in [5.41, 5.74) is 12.0. The first-order chi connectivity index (χ1) is 23.5. The van der Waals surface area contributed by atoms with Crippen molar-refractivity contribution in [2.45, 2.75) is 86.1 Å². The van der Waals surface area contributed by atoms with Gasteiger partial charge in [0.25, 0.3) is 0 Å². The van der Waals surface area contributed by atoms with Gasteiger partial charge in [0.1, 0.15) is 0 Å². The lowest BCUT2D eigenvalue weighted by atomic mass is 9.83. The quantitative estimate of drug-likeness (QED) is 0.222. The summed E-state index contributed by atoms with van der Waals surface area (Å²) in [6, 6.07) is 14.6. The third kappa shape index (κ3) is 9.36. The van der Waals surface area contributed by atoms with Gasteiger partial charge < -0.3 is 11.1 Å². The predicted molar refractivity (Wildman–Crippen MR) is 206 cm³/mol. The van der Waals surface area contributed by atoms with Crippen molar-refractivity contribution < 1.29 is 9.59 Å². The van der Waals surface area contributed by atoms with Crippen molar-refractivity contribution in [2.24, 2.45) is 28.1 Å². The van der Waals surface area contributed by atoms with Gasteiger partial charge in [0, 0.05) is 23.1 Å². The molecule has 49 heavy (non-hydrogen) atoms. The van der Waals surface area contributed by atoms with Gasteiger partial charge in [-0.3, -0.25) is 9.69 Å². The molecule has 3 amide bonds. The Labute approximate surface area is 294 Å². The van der Waals surface area contributed by atoms with Crippen LogP contribution in [0.1, 0.15) is 85.6 Å². The number of benzene rings is 2. The van der Waals surface area contributed by atoms with Crippen LogP contribution in [0, 0.1) is 17.3 Å². The number of urea groups is 1. The van der Waals surface area contributed by atoms with Gasteiger partial charge in [-0.2, -0.15) is 5.10 Å². The maximum atomic E-state index is 14.8. The molecule has 7 heteroatoms. The van der Waals surface area contributed by atoms with Gasteiger partial charge in [0.05, 0.1) is 29.7 Å². The molecule has 2 aliphatic rings. The molecule has 1 aliphatic heterocycles. The highest BCUT2D eigenvalue weighted by Gasteiger charge is 2.35. The van der Waals surface area contributed by atoms with Crippen LogP contribution in [0.3, 0.4) is 0 Å². The minimum Gasteiger partial charge on any atom is -0.325 e. The van der Waals surface area contributed by atoms with Crippen molar-refractivity contribution in [2.75, 3.05) is 16.8 Å². The molecule has 1 fully saturated rings. The lowest BCUT2D eigenvalue weighted by Crippen LogP contribution is -2.45. The van der Waals surface area contributed by atoms with Crippen LogP contribution in [-0.4, -0.2) is 35.2 Å². The smallest absolute Gasteiger partial charge is 0.325 e. The molecule has 2 atom stereocenters. The topological polar surface area (TPSA) is 91.0 Å². The van der Waals surface area contributed by atoms with Crippen LogP contribution in [0.2, 0.25) is 0 Å². The van der Waals surface area contributed by atoms with E-state index in [9.17, 15) is 9.59 Å². The summed E-state index contributed by atoms with van der Waals surface area (Å²) in [5, 5.41) is 9.85. The van der Waals surface area contributed by atoms with Crippen molar-refractivity contribution in [3.8, 4) is 0 Å². The maximum Gasteiger partial charge on any atom is 0.349 e. The zero-order valence-electron chi connectivity index (χ0n) is 30.3. The minimum atomic E-state index is -0.664. The normalized spacial score (nSPS) is 17.9. The van der Waals surface area contributed by atoms with Gasteiger partial charge in [0.15, 0.2) is 0 Å². The fourth-order valence-corrected chi connectivity index (χ4v) is 6.38. The Bertz CT molecular complexity index is 1620. The van der Waals surface area contributed by atoms with E-state index >= 15 is 0 Å². The number of carbonyl (C=O) groups is 2. The van der Waals surface area contributed by atoms with Crippen molar-refractivity contribution in [3.05, 3.63) is 114 Å². The predicted octanol–water partition coefficient (Wildman–Crippen LogP) is 10.1. The molecule has 4 rings (SSSR count). The Morgan fingerprint density at radius 2 is 1.76 bits per heavy atom. The maximum absolute atomic E-state index is 14.8. The number of amides is 3. The lowest BCUT2D eigenvalue weighted by molar-refractivity contribution is -0.119. The summed E-state index contributed by atoms with van der Waals surface area (Å²) in [4.78, 5) is 29.4. The van der Waals surface area contributed by atoms with Crippen molar-refractivity contribution in [1.82, 2.24) is 5.01 Å². The second kappa shape index (κ2) is 17.3. The highest BCUT2D eigenvalue weighted by atomic mass is 16.2. The molecular formula is C42H55N5O2. The van der Waals surface area contributed by atoms with Crippen LogP contribution in [-0.2, 0) is 4.79 Å². The molecule has 1 saturated carbocycles. The Morgan fingerprint density at radius 3 is 2.39 bits per heavy atom. The summed E-state index contributed by atoms with van der Waals surface area (Å²) < 4.78 is 0. The largest absolute Gasteiger partial charge is 0.349 e. The summed E-state index contributed by atoms with van der Waals surface area (Å²) >= 11 is 0. The van der Waals surface area contributed by atoms with Gasteiger partial charge in [0.2, 0.25) is 5.91 Å². The van der Waals surface area contributed by atoms with Crippen LogP contribution in [0.15, 0.2) is 114 Å². The SMILES string of the molecule is C=CC(=C/C=C\C)/C(=C/C=C\CC)C(C)CN1N=C(C2CCCCC2)c2ccccc2N(c2ccc(NC(=O)[C@@H](N)C(C)(C)C)cc2)C1=O. The van der Waals surface area contributed by atoms with Gasteiger partial charge in [-0.1, -0.05) is 121 Å². The van der Waals surface area contributed by atoms with Gasteiger partial charge in [-0.15, -0.1) is 0 Å². The highest BCUT2D eigenvalue weighted by Crippen LogP contribution is 2.38. The van der Waals surface area contributed by atoms with Crippen LogP contribution >= 0.6 is 0 Å². The minimum absolute atomic E-state index is 0.0519.